The van der Waals surface area contributed by atoms with E-state index in [1.54, 1.807) is 47.8 Å². The molecule has 24 heteroatoms. The van der Waals surface area contributed by atoms with E-state index in [0.29, 0.717) is 49.2 Å². The molecule has 2 aliphatic carbocycles. The molecule has 4 N–H and O–H groups in total. The van der Waals surface area contributed by atoms with Gasteiger partial charge in [-0.3, -0.25) is 28.5 Å². The van der Waals surface area contributed by atoms with Gasteiger partial charge in [0.05, 0.1) is 73.9 Å². The molecule has 1 atom stereocenters. The Hall–Kier alpha value is -8.58. The maximum absolute atomic E-state index is 13.9. The summed E-state index contributed by atoms with van der Waals surface area (Å²) in [6.45, 7) is 5.16. The number of fused-ring (bicyclic) bond motifs is 10. The Morgan fingerprint density at radius 2 is 1.05 bits per heavy atom. The van der Waals surface area contributed by atoms with Crippen LogP contribution in [0.25, 0.3) is 50.4 Å². The van der Waals surface area contributed by atoms with E-state index in [0.717, 1.165) is 144 Å². The molecule has 2 aliphatic heterocycles. The number of methoxy groups -OCH3 is 2. The number of aromatic nitrogens is 6. The molecule has 92 heavy (non-hydrogen) atoms. The average molecular weight is 1290 g/mol. The molecule has 4 aromatic heterocycles. The van der Waals surface area contributed by atoms with Crippen LogP contribution in [-0.2, 0) is 76.7 Å². The number of rotatable bonds is 16. The molecule has 2 fully saturated rings. The van der Waals surface area contributed by atoms with Gasteiger partial charge in [0.2, 0.25) is 11.8 Å². The second-order valence-corrected chi connectivity index (χ2v) is 28.8. The van der Waals surface area contributed by atoms with Crippen molar-refractivity contribution in [2.75, 3.05) is 42.4 Å². The van der Waals surface area contributed by atoms with Crippen molar-refractivity contribution < 1.29 is 45.5 Å². The summed E-state index contributed by atoms with van der Waals surface area (Å²) in [5.41, 5.74) is 14.6. The minimum Gasteiger partial charge on any atom is -0.497 e. The summed E-state index contributed by atoms with van der Waals surface area (Å²) < 4.78 is 75.2. The van der Waals surface area contributed by atoms with Crippen LogP contribution in [0.2, 0.25) is 0 Å². The van der Waals surface area contributed by atoms with Crippen molar-refractivity contribution in [1.82, 2.24) is 57.4 Å². The van der Waals surface area contributed by atoms with Crippen LogP contribution < -0.4 is 29.6 Å². The van der Waals surface area contributed by atoms with Crippen molar-refractivity contribution in [3.8, 4) is 34.0 Å². The molecule has 2 saturated carbocycles. The van der Waals surface area contributed by atoms with Gasteiger partial charge in [-0.05, 0) is 159 Å². The summed E-state index contributed by atoms with van der Waals surface area (Å²) in [6, 6.07) is 26.7. The molecule has 4 aliphatic rings. The first-order chi connectivity index (χ1) is 43.9. The fraction of sp³-hybridized carbons (Fsp3) is 0.412. The van der Waals surface area contributed by atoms with Gasteiger partial charge in [-0.15, -0.1) is 0 Å². The Labute approximate surface area is 537 Å². The van der Waals surface area contributed by atoms with E-state index >= 15 is 0 Å². The van der Waals surface area contributed by atoms with E-state index in [9.17, 15) is 36.0 Å². The summed E-state index contributed by atoms with van der Waals surface area (Å²) in [4.78, 5) is 54.3. The largest absolute Gasteiger partial charge is 0.497 e. The van der Waals surface area contributed by atoms with Gasteiger partial charge >= 0.3 is 20.4 Å². The van der Waals surface area contributed by atoms with Crippen molar-refractivity contribution >= 4 is 71.9 Å². The van der Waals surface area contributed by atoms with Gasteiger partial charge in [-0.25, -0.2) is 9.44 Å². The van der Waals surface area contributed by atoms with Crippen LogP contribution >= 0.6 is 0 Å². The summed E-state index contributed by atoms with van der Waals surface area (Å²) in [7, 11) is 4.50. The molecule has 22 nitrogen and oxygen atoms in total. The lowest BCUT2D eigenvalue weighted by atomic mass is 9.81. The van der Waals surface area contributed by atoms with Crippen molar-refractivity contribution in [2.45, 2.75) is 122 Å². The van der Waals surface area contributed by atoms with Crippen molar-refractivity contribution in [1.29, 1.82) is 0 Å². The third kappa shape index (κ3) is 13.2. The van der Waals surface area contributed by atoms with Crippen molar-refractivity contribution in [3.63, 3.8) is 0 Å². The molecule has 1 unspecified atom stereocenters. The minimum absolute atomic E-state index is 0.0764. The molecular weight excluding hydrogens is 1210 g/mol. The number of nitrogens with zero attached hydrogens (tertiary/aromatic N) is 8. The number of aryl methyl sites for hydroxylation is 4. The molecule has 0 radical (unpaired) electrons. The van der Waals surface area contributed by atoms with Gasteiger partial charge in [0, 0.05) is 98.5 Å². The minimum atomic E-state index is -3.98. The van der Waals surface area contributed by atoms with Gasteiger partial charge in [0.15, 0.2) is 0 Å². The number of benzene rings is 4. The van der Waals surface area contributed by atoms with E-state index < -0.39 is 38.2 Å². The van der Waals surface area contributed by atoms with E-state index in [4.69, 9.17) is 9.47 Å². The van der Waals surface area contributed by atoms with Gasteiger partial charge < -0.3 is 29.2 Å². The number of amides is 4. The van der Waals surface area contributed by atoms with E-state index in [-0.39, 0.29) is 29.5 Å². The van der Waals surface area contributed by atoms with Crippen LogP contribution in [-0.4, -0.2) is 120 Å². The number of hydrogen-bond acceptors (Lipinski definition) is 12. The zero-order valence-corrected chi connectivity index (χ0v) is 55.6. The first kappa shape index (κ1) is 64.9. The Morgan fingerprint density at radius 3 is 1.54 bits per heavy atom. The van der Waals surface area contributed by atoms with Crippen LogP contribution in [0.1, 0.15) is 142 Å². The lowest BCUT2D eigenvalue weighted by molar-refractivity contribution is -0.125. The standard InChI is InChI=1S/C34H42N6O5S.C34H40N6O5S/c2*1-21-15-26(39(4)36-21)19-35-33(41)25-16-24-17-27(45-5)12-14-28(24)32-31(22-9-7-6-8-10-22)29-13-11-23(18-30(29)40(32)20-25)34(42)37-46(43,44)38(2)3/h11-15,17-18,22,25H,6-10,16,19-20H2,1-5H3,(H,35,41)(H,37,42);11-18,22H,6-10,19-20H2,1-5H3,(H,35,41)(H,37,42). The van der Waals surface area contributed by atoms with E-state index in [1.165, 1.54) is 52.2 Å². The van der Waals surface area contributed by atoms with Gasteiger partial charge in [-0.1, -0.05) is 50.7 Å². The maximum atomic E-state index is 13.9. The maximum Gasteiger partial charge on any atom is 0.303 e. The highest BCUT2D eigenvalue weighted by Gasteiger charge is 2.36. The average Bonchev–Trinajstić information content (AvgIpc) is 1.58. The van der Waals surface area contributed by atoms with E-state index in [1.807, 2.05) is 88.6 Å². The normalized spacial score (nSPS) is 16.1. The highest BCUT2D eigenvalue weighted by Crippen LogP contribution is 2.49. The smallest absolute Gasteiger partial charge is 0.303 e. The van der Waals surface area contributed by atoms with Crippen LogP contribution in [0, 0.1) is 19.8 Å². The summed E-state index contributed by atoms with van der Waals surface area (Å²) in [5, 5.41) is 17.0. The number of carbonyl (C=O) groups is 4. The lowest BCUT2D eigenvalue weighted by Crippen LogP contribution is -2.39. The Bertz CT molecular complexity index is 4440. The molecule has 4 amide bonds. The molecule has 4 aromatic carbocycles. The van der Waals surface area contributed by atoms with Crippen LogP contribution in [0.3, 0.4) is 0 Å². The SMILES string of the molecule is COc1ccc2c(c1)C=C(C(=O)NCc1cc(C)nn1C)Cn1c-2c(C2CCCCC2)c2ccc(C(=O)NS(=O)(=O)N(C)C)cc21.COc1ccc2c(c1)CC(C(=O)NCc1cc(C)nn1C)Cn1c-2c(C2CCCCC2)c2ccc(C(=O)NS(=O)(=O)N(C)C)cc21. The van der Waals surface area contributed by atoms with Gasteiger partial charge in [0.1, 0.15) is 11.5 Å². The molecule has 8 aromatic rings. The predicted molar refractivity (Wildman–Crippen MR) is 354 cm³/mol. The third-order valence-electron chi connectivity index (χ3n) is 18.5. The predicted octanol–water partition coefficient (Wildman–Crippen LogP) is 9.09. The Kier molecular flexibility index (Phi) is 18.7. The highest BCUT2D eigenvalue weighted by molar-refractivity contribution is 7.88. The summed E-state index contributed by atoms with van der Waals surface area (Å²) in [5.74, 6) is -0.0793. The number of nitrogens with one attached hydrogen (secondary N) is 4. The van der Waals surface area contributed by atoms with E-state index in [2.05, 4.69) is 45.5 Å². The quantitative estimate of drug-likeness (QED) is 0.0707. The Balaban J connectivity index is 0.000000188. The first-order valence-electron chi connectivity index (χ1n) is 31.4. The monoisotopic (exact) mass is 1290 g/mol. The zero-order valence-electron chi connectivity index (χ0n) is 54.0. The van der Waals surface area contributed by atoms with Gasteiger partial charge in [0.25, 0.3) is 11.8 Å². The zero-order chi connectivity index (χ0) is 65.5. The lowest BCUT2D eigenvalue weighted by Gasteiger charge is -2.24. The fourth-order valence-electron chi connectivity index (χ4n) is 13.7. The van der Waals surface area contributed by atoms with Crippen molar-refractivity contribution in [3.05, 3.63) is 147 Å². The second kappa shape index (κ2) is 26.6. The Morgan fingerprint density at radius 1 is 0.576 bits per heavy atom. The molecule has 486 valence electrons. The second-order valence-electron chi connectivity index (χ2n) is 25.0. The van der Waals surface area contributed by atoms with Crippen LogP contribution in [0.15, 0.2) is 90.5 Å². The van der Waals surface area contributed by atoms with Crippen LogP contribution in [0.5, 0.6) is 11.5 Å². The van der Waals surface area contributed by atoms with Crippen molar-refractivity contribution in [2.24, 2.45) is 20.0 Å². The molecule has 12 rings (SSSR count). The summed E-state index contributed by atoms with van der Waals surface area (Å²) in [6.07, 6.45) is 13.6. The first-order valence-corrected chi connectivity index (χ1v) is 34.2. The number of hydrogen-bond donors (Lipinski definition) is 4. The molecular formula is C68H82N12O10S2. The highest BCUT2D eigenvalue weighted by atomic mass is 32.2. The molecule has 0 saturated heterocycles. The number of ether oxygens (including phenoxy) is 2. The summed E-state index contributed by atoms with van der Waals surface area (Å²) >= 11 is 0. The molecule has 6 heterocycles. The topological polar surface area (TPSA) is 255 Å². The number of carbonyl (C=O) groups excluding carboxylic acids is 4. The fourth-order valence-corrected chi connectivity index (χ4v) is 14.8. The van der Waals surface area contributed by atoms with Gasteiger partial charge in [-0.2, -0.15) is 35.6 Å². The van der Waals surface area contributed by atoms with Crippen LogP contribution in [0.4, 0.5) is 0 Å². The molecule has 0 bridgehead atoms. The third-order valence-corrected chi connectivity index (χ3v) is 21.3. The molecule has 0 spiro atoms.